The van der Waals surface area contributed by atoms with E-state index in [-0.39, 0.29) is 6.04 Å². The van der Waals surface area contributed by atoms with Crippen molar-refractivity contribution in [3.8, 4) is 0 Å². The summed E-state index contributed by atoms with van der Waals surface area (Å²) in [7, 11) is 0. The molecule has 2 aromatic rings. The number of hydrogen-bond donors (Lipinski definition) is 1. The van der Waals surface area contributed by atoms with Crippen molar-refractivity contribution in [3.05, 3.63) is 59.5 Å². The molecule has 108 valence electrons. The molecule has 0 spiro atoms. The highest BCUT2D eigenvalue weighted by Crippen LogP contribution is 2.20. The maximum absolute atomic E-state index is 5.43. The molecule has 2 rings (SSSR count). The van der Waals surface area contributed by atoms with Crippen molar-refractivity contribution in [2.45, 2.75) is 52.1 Å². The van der Waals surface area contributed by atoms with Gasteiger partial charge in [0.15, 0.2) is 0 Å². The molecular weight excluding hydrogens is 246 g/mol. The first-order valence-electron chi connectivity index (χ1n) is 7.59. The third-order valence-corrected chi connectivity index (χ3v) is 3.77. The van der Waals surface area contributed by atoms with E-state index in [0.717, 1.165) is 5.76 Å². The van der Waals surface area contributed by atoms with Gasteiger partial charge >= 0.3 is 0 Å². The van der Waals surface area contributed by atoms with Crippen molar-refractivity contribution in [1.29, 1.82) is 0 Å². The van der Waals surface area contributed by atoms with E-state index in [9.17, 15) is 0 Å². The lowest BCUT2D eigenvalue weighted by Gasteiger charge is -2.19. The Morgan fingerprint density at radius 1 is 1.05 bits per heavy atom. The Bertz CT molecular complexity index is 487. The van der Waals surface area contributed by atoms with Gasteiger partial charge in [0, 0.05) is 6.04 Å². The van der Waals surface area contributed by atoms with Gasteiger partial charge in [-0.3, -0.25) is 0 Å². The first-order chi connectivity index (χ1) is 9.70. The number of furan rings is 1. The van der Waals surface area contributed by atoms with Gasteiger partial charge < -0.3 is 9.73 Å². The quantitative estimate of drug-likeness (QED) is 0.763. The molecule has 1 N–H and O–H groups in total. The molecule has 20 heavy (non-hydrogen) atoms. The SMILES string of the molecule is CCCCc1ccc(C(C)N[C@H](C)c2ccco2)cc1. The summed E-state index contributed by atoms with van der Waals surface area (Å²) in [5, 5.41) is 3.57. The molecule has 0 radical (unpaired) electrons. The van der Waals surface area contributed by atoms with Gasteiger partial charge in [-0.15, -0.1) is 0 Å². The van der Waals surface area contributed by atoms with Crippen LogP contribution in [0.15, 0.2) is 47.1 Å². The van der Waals surface area contributed by atoms with E-state index in [0.29, 0.717) is 6.04 Å². The number of hydrogen-bond acceptors (Lipinski definition) is 2. The lowest BCUT2D eigenvalue weighted by Crippen LogP contribution is -2.22. The summed E-state index contributed by atoms with van der Waals surface area (Å²) in [4.78, 5) is 0. The van der Waals surface area contributed by atoms with Crippen LogP contribution in [0.1, 0.15) is 62.6 Å². The number of benzene rings is 1. The minimum Gasteiger partial charge on any atom is -0.468 e. The highest BCUT2D eigenvalue weighted by Gasteiger charge is 2.12. The fourth-order valence-corrected chi connectivity index (χ4v) is 2.44. The normalized spacial score (nSPS) is 14.2. The largest absolute Gasteiger partial charge is 0.468 e. The Balaban J connectivity index is 1.93. The highest BCUT2D eigenvalue weighted by atomic mass is 16.3. The van der Waals surface area contributed by atoms with Gasteiger partial charge in [-0.25, -0.2) is 0 Å². The van der Waals surface area contributed by atoms with Crippen LogP contribution < -0.4 is 5.32 Å². The summed E-state index contributed by atoms with van der Waals surface area (Å²) in [6.07, 6.45) is 5.42. The Kier molecular flexibility index (Phi) is 5.42. The van der Waals surface area contributed by atoms with E-state index in [1.165, 1.54) is 30.4 Å². The summed E-state index contributed by atoms with van der Waals surface area (Å²) in [6.45, 7) is 6.56. The first-order valence-corrected chi connectivity index (χ1v) is 7.59. The minimum atomic E-state index is 0.222. The van der Waals surface area contributed by atoms with Crippen LogP contribution in [0.4, 0.5) is 0 Å². The molecule has 1 unspecified atom stereocenters. The lowest BCUT2D eigenvalue weighted by molar-refractivity contribution is 0.403. The van der Waals surface area contributed by atoms with Gasteiger partial charge in [-0.05, 0) is 49.9 Å². The Morgan fingerprint density at radius 2 is 1.80 bits per heavy atom. The Morgan fingerprint density at radius 3 is 2.40 bits per heavy atom. The fourth-order valence-electron chi connectivity index (χ4n) is 2.44. The molecule has 0 saturated carbocycles. The van der Waals surface area contributed by atoms with Crippen molar-refractivity contribution in [1.82, 2.24) is 5.32 Å². The predicted octanol–water partition coefficient (Wildman–Crippen LogP) is 5.03. The van der Waals surface area contributed by atoms with Gasteiger partial charge in [0.2, 0.25) is 0 Å². The van der Waals surface area contributed by atoms with Crippen LogP contribution in [0.5, 0.6) is 0 Å². The van der Waals surface area contributed by atoms with Crippen LogP contribution in [-0.2, 0) is 6.42 Å². The first kappa shape index (κ1) is 14.9. The van der Waals surface area contributed by atoms with E-state index >= 15 is 0 Å². The van der Waals surface area contributed by atoms with E-state index in [1.54, 1.807) is 6.26 Å². The minimum absolute atomic E-state index is 0.222. The van der Waals surface area contributed by atoms with E-state index in [1.807, 2.05) is 12.1 Å². The number of aryl methyl sites for hydroxylation is 1. The van der Waals surface area contributed by atoms with E-state index in [4.69, 9.17) is 4.42 Å². The lowest BCUT2D eigenvalue weighted by atomic mass is 10.0. The van der Waals surface area contributed by atoms with Gasteiger partial charge in [0.25, 0.3) is 0 Å². The Hall–Kier alpha value is -1.54. The molecule has 1 aromatic carbocycles. The molecular formula is C18H25NO. The molecule has 0 aliphatic rings. The van der Waals surface area contributed by atoms with Gasteiger partial charge in [0.1, 0.15) is 5.76 Å². The van der Waals surface area contributed by atoms with Crippen molar-refractivity contribution < 1.29 is 4.42 Å². The van der Waals surface area contributed by atoms with Crippen molar-refractivity contribution >= 4 is 0 Å². The van der Waals surface area contributed by atoms with Crippen molar-refractivity contribution in [2.75, 3.05) is 0 Å². The molecule has 1 aromatic heterocycles. The highest BCUT2D eigenvalue weighted by molar-refractivity contribution is 5.25. The molecule has 0 amide bonds. The van der Waals surface area contributed by atoms with E-state index < -0.39 is 0 Å². The fraction of sp³-hybridized carbons (Fsp3) is 0.444. The molecule has 0 bridgehead atoms. The smallest absolute Gasteiger partial charge is 0.120 e. The third kappa shape index (κ3) is 3.97. The van der Waals surface area contributed by atoms with Crippen molar-refractivity contribution in [2.24, 2.45) is 0 Å². The average molecular weight is 271 g/mol. The zero-order valence-corrected chi connectivity index (χ0v) is 12.7. The summed E-state index contributed by atoms with van der Waals surface area (Å²) in [6, 6.07) is 13.4. The number of rotatable bonds is 7. The summed E-state index contributed by atoms with van der Waals surface area (Å²) in [5.41, 5.74) is 2.76. The van der Waals surface area contributed by atoms with Gasteiger partial charge in [-0.2, -0.15) is 0 Å². The maximum Gasteiger partial charge on any atom is 0.120 e. The molecule has 2 nitrogen and oxygen atoms in total. The number of unbranched alkanes of at least 4 members (excludes halogenated alkanes) is 1. The van der Waals surface area contributed by atoms with Crippen LogP contribution in [0.25, 0.3) is 0 Å². The zero-order valence-electron chi connectivity index (χ0n) is 12.7. The second-order valence-electron chi connectivity index (χ2n) is 5.47. The molecule has 0 saturated heterocycles. The average Bonchev–Trinajstić information content (AvgIpc) is 3.00. The number of nitrogens with one attached hydrogen (secondary N) is 1. The molecule has 0 aliphatic carbocycles. The topological polar surface area (TPSA) is 25.2 Å². The second-order valence-corrected chi connectivity index (χ2v) is 5.47. The summed E-state index contributed by atoms with van der Waals surface area (Å²) < 4.78 is 5.43. The zero-order chi connectivity index (χ0) is 14.4. The van der Waals surface area contributed by atoms with Crippen LogP contribution in [-0.4, -0.2) is 0 Å². The second kappa shape index (κ2) is 7.30. The monoisotopic (exact) mass is 271 g/mol. The van der Waals surface area contributed by atoms with Crippen LogP contribution in [0, 0.1) is 0 Å². The third-order valence-electron chi connectivity index (χ3n) is 3.77. The van der Waals surface area contributed by atoms with Gasteiger partial charge in [0.05, 0.1) is 12.3 Å². The summed E-state index contributed by atoms with van der Waals surface area (Å²) >= 11 is 0. The molecule has 2 heteroatoms. The molecule has 0 fully saturated rings. The Labute approximate surface area is 122 Å². The molecule has 1 heterocycles. The maximum atomic E-state index is 5.43. The van der Waals surface area contributed by atoms with Crippen molar-refractivity contribution in [3.63, 3.8) is 0 Å². The standard InChI is InChI=1S/C18H25NO/c1-4-5-7-16-9-11-17(12-10-16)14(2)19-15(3)18-8-6-13-20-18/h6,8-15,19H,4-5,7H2,1-3H3/t14?,15-/m1/s1. The summed E-state index contributed by atoms with van der Waals surface area (Å²) in [5.74, 6) is 0.983. The van der Waals surface area contributed by atoms with Crippen LogP contribution in [0.3, 0.4) is 0 Å². The predicted molar refractivity (Wildman–Crippen MR) is 83.7 cm³/mol. The van der Waals surface area contributed by atoms with Crippen LogP contribution >= 0.6 is 0 Å². The molecule has 0 aliphatic heterocycles. The molecule has 2 atom stereocenters. The van der Waals surface area contributed by atoms with Crippen LogP contribution in [0.2, 0.25) is 0 Å². The van der Waals surface area contributed by atoms with Gasteiger partial charge in [-0.1, -0.05) is 37.6 Å². The van der Waals surface area contributed by atoms with E-state index in [2.05, 4.69) is 50.4 Å².